The lowest BCUT2D eigenvalue weighted by atomic mass is 10.1. The molecule has 2 aromatic rings. The Morgan fingerprint density at radius 1 is 1.47 bits per heavy atom. The van der Waals surface area contributed by atoms with Gasteiger partial charge in [-0.1, -0.05) is 17.7 Å². The van der Waals surface area contributed by atoms with E-state index in [9.17, 15) is 0 Å². The Bertz CT molecular complexity index is 556. The molecule has 5 heteroatoms. The SMILES string of the molecule is NCC1c2cc(Cl)ccc2CN1CCc1nccs1. The molecule has 3 nitrogen and oxygen atoms in total. The number of nitrogens with zero attached hydrogens (tertiary/aromatic N) is 2. The number of rotatable bonds is 4. The van der Waals surface area contributed by atoms with Gasteiger partial charge in [-0.2, -0.15) is 0 Å². The van der Waals surface area contributed by atoms with Crippen molar-refractivity contribution < 1.29 is 0 Å². The molecular weight excluding hydrogens is 278 g/mol. The van der Waals surface area contributed by atoms with Gasteiger partial charge in [0.2, 0.25) is 0 Å². The quantitative estimate of drug-likeness (QED) is 0.942. The first-order valence-corrected chi connectivity index (χ1v) is 7.64. The van der Waals surface area contributed by atoms with Crippen molar-refractivity contribution in [3.05, 3.63) is 50.9 Å². The molecule has 0 saturated carbocycles. The minimum absolute atomic E-state index is 0.286. The topological polar surface area (TPSA) is 42.1 Å². The van der Waals surface area contributed by atoms with Crippen molar-refractivity contribution >= 4 is 22.9 Å². The highest BCUT2D eigenvalue weighted by molar-refractivity contribution is 7.09. The highest BCUT2D eigenvalue weighted by atomic mass is 35.5. The molecule has 1 unspecified atom stereocenters. The van der Waals surface area contributed by atoms with Gasteiger partial charge in [0.15, 0.2) is 0 Å². The molecule has 1 aromatic heterocycles. The smallest absolute Gasteiger partial charge is 0.0937 e. The van der Waals surface area contributed by atoms with Crippen LogP contribution in [0.25, 0.3) is 0 Å². The van der Waals surface area contributed by atoms with Gasteiger partial charge in [-0.3, -0.25) is 4.90 Å². The molecule has 1 aromatic carbocycles. The number of benzene rings is 1. The first-order chi connectivity index (χ1) is 9.28. The zero-order valence-corrected chi connectivity index (χ0v) is 12.1. The summed E-state index contributed by atoms with van der Waals surface area (Å²) in [7, 11) is 0. The average Bonchev–Trinajstić information content (AvgIpc) is 3.02. The van der Waals surface area contributed by atoms with E-state index in [1.165, 1.54) is 16.1 Å². The van der Waals surface area contributed by atoms with E-state index in [1.807, 2.05) is 17.6 Å². The molecule has 3 rings (SSSR count). The zero-order valence-electron chi connectivity index (χ0n) is 10.6. The fourth-order valence-electron chi connectivity index (χ4n) is 2.67. The van der Waals surface area contributed by atoms with E-state index in [-0.39, 0.29) is 6.04 Å². The van der Waals surface area contributed by atoms with E-state index in [2.05, 4.69) is 22.0 Å². The van der Waals surface area contributed by atoms with Crippen LogP contribution >= 0.6 is 22.9 Å². The number of thiazole rings is 1. The number of halogens is 1. The predicted octanol–water partition coefficient (Wildman–Crippen LogP) is 2.85. The molecule has 0 aliphatic carbocycles. The summed E-state index contributed by atoms with van der Waals surface area (Å²) < 4.78 is 0. The van der Waals surface area contributed by atoms with Crippen LogP contribution in [0.2, 0.25) is 5.02 Å². The van der Waals surface area contributed by atoms with Crippen molar-refractivity contribution in [2.24, 2.45) is 5.73 Å². The monoisotopic (exact) mass is 293 g/mol. The Morgan fingerprint density at radius 2 is 2.37 bits per heavy atom. The molecule has 1 aliphatic rings. The lowest BCUT2D eigenvalue weighted by molar-refractivity contribution is 0.223. The maximum Gasteiger partial charge on any atom is 0.0937 e. The first kappa shape index (κ1) is 13.1. The van der Waals surface area contributed by atoms with Crippen LogP contribution < -0.4 is 5.73 Å². The Balaban J connectivity index is 1.74. The summed E-state index contributed by atoms with van der Waals surface area (Å²) in [5, 5.41) is 4.00. The number of fused-ring (bicyclic) bond motifs is 1. The van der Waals surface area contributed by atoms with Crippen LogP contribution in [0.1, 0.15) is 22.2 Å². The molecule has 19 heavy (non-hydrogen) atoms. The third kappa shape index (κ3) is 2.67. The molecule has 1 aliphatic heterocycles. The summed E-state index contributed by atoms with van der Waals surface area (Å²) in [5.41, 5.74) is 8.57. The summed E-state index contributed by atoms with van der Waals surface area (Å²) in [6, 6.07) is 6.41. The van der Waals surface area contributed by atoms with Crippen molar-refractivity contribution in [3.8, 4) is 0 Å². The van der Waals surface area contributed by atoms with E-state index in [1.54, 1.807) is 11.3 Å². The van der Waals surface area contributed by atoms with Gasteiger partial charge in [0.05, 0.1) is 5.01 Å². The number of nitrogens with two attached hydrogens (primary N) is 1. The fourth-order valence-corrected chi connectivity index (χ4v) is 3.46. The number of hydrogen-bond donors (Lipinski definition) is 1. The van der Waals surface area contributed by atoms with E-state index in [0.29, 0.717) is 6.54 Å². The molecule has 0 amide bonds. The Morgan fingerprint density at radius 3 is 3.11 bits per heavy atom. The molecule has 2 heterocycles. The summed E-state index contributed by atoms with van der Waals surface area (Å²) in [5.74, 6) is 0. The van der Waals surface area contributed by atoms with Gasteiger partial charge in [0.25, 0.3) is 0 Å². The molecule has 0 spiro atoms. The van der Waals surface area contributed by atoms with Crippen LogP contribution in [-0.4, -0.2) is 23.0 Å². The third-order valence-corrected chi connectivity index (χ3v) is 4.68. The second kappa shape index (κ2) is 5.59. The maximum absolute atomic E-state index is 6.08. The van der Waals surface area contributed by atoms with Crippen molar-refractivity contribution in [2.75, 3.05) is 13.1 Å². The van der Waals surface area contributed by atoms with Gasteiger partial charge >= 0.3 is 0 Å². The number of aromatic nitrogens is 1. The molecule has 0 radical (unpaired) electrons. The largest absolute Gasteiger partial charge is 0.329 e. The Labute approximate surface area is 122 Å². The van der Waals surface area contributed by atoms with Crippen LogP contribution in [-0.2, 0) is 13.0 Å². The van der Waals surface area contributed by atoms with Gasteiger partial charge in [-0.15, -0.1) is 11.3 Å². The lowest BCUT2D eigenvalue weighted by Crippen LogP contribution is -2.29. The second-order valence-electron chi connectivity index (χ2n) is 4.74. The molecule has 1 atom stereocenters. The molecule has 0 bridgehead atoms. The molecule has 0 fully saturated rings. The molecule has 100 valence electrons. The van der Waals surface area contributed by atoms with Crippen LogP contribution in [0.15, 0.2) is 29.8 Å². The minimum atomic E-state index is 0.286. The van der Waals surface area contributed by atoms with Crippen LogP contribution in [0, 0.1) is 0 Å². The maximum atomic E-state index is 6.08. The van der Waals surface area contributed by atoms with E-state index < -0.39 is 0 Å². The zero-order chi connectivity index (χ0) is 13.2. The normalized spacial score (nSPS) is 18.7. The average molecular weight is 294 g/mol. The van der Waals surface area contributed by atoms with Crippen molar-refractivity contribution in [3.63, 3.8) is 0 Å². The first-order valence-electron chi connectivity index (χ1n) is 6.38. The number of hydrogen-bond acceptors (Lipinski definition) is 4. The molecule has 0 saturated heterocycles. The molecular formula is C14H16ClN3S. The van der Waals surface area contributed by atoms with Crippen molar-refractivity contribution in [1.82, 2.24) is 9.88 Å². The van der Waals surface area contributed by atoms with E-state index in [0.717, 1.165) is 24.5 Å². The van der Waals surface area contributed by atoms with Crippen LogP contribution in [0.5, 0.6) is 0 Å². The highest BCUT2D eigenvalue weighted by Crippen LogP contribution is 2.34. The fraction of sp³-hybridized carbons (Fsp3) is 0.357. The standard InChI is InChI=1S/C14H16ClN3S/c15-11-2-1-10-9-18(13(8-16)12(10)7-11)5-3-14-17-4-6-19-14/h1-2,4,6-7,13H,3,5,8-9,16H2. The summed E-state index contributed by atoms with van der Waals surface area (Å²) in [6.07, 6.45) is 2.84. The molecule has 2 N–H and O–H groups in total. The van der Waals surface area contributed by atoms with Gasteiger partial charge < -0.3 is 5.73 Å². The third-order valence-electron chi connectivity index (χ3n) is 3.60. The van der Waals surface area contributed by atoms with Crippen LogP contribution in [0.4, 0.5) is 0 Å². The second-order valence-corrected chi connectivity index (χ2v) is 6.16. The summed E-state index contributed by atoms with van der Waals surface area (Å²) >= 11 is 7.80. The minimum Gasteiger partial charge on any atom is -0.329 e. The van der Waals surface area contributed by atoms with Gasteiger partial charge in [0, 0.05) is 48.7 Å². The lowest BCUT2D eigenvalue weighted by Gasteiger charge is -2.23. The summed E-state index contributed by atoms with van der Waals surface area (Å²) in [6.45, 7) is 2.58. The van der Waals surface area contributed by atoms with Crippen molar-refractivity contribution in [1.29, 1.82) is 0 Å². The Kier molecular flexibility index (Phi) is 3.84. The van der Waals surface area contributed by atoms with Gasteiger partial charge in [-0.25, -0.2) is 4.98 Å². The van der Waals surface area contributed by atoms with Crippen LogP contribution in [0.3, 0.4) is 0 Å². The highest BCUT2D eigenvalue weighted by Gasteiger charge is 2.28. The summed E-state index contributed by atoms with van der Waals surface area (Å²) in [4.78, 5) is 6.75. The van der Waals surface area contributed by atoms with Gasteiger partial charge in [0.1, 0.15) is 0 Å². The Hall–Kier alpha value is -0.940. The van der Waals surface area contributed by atoms with Gasteiger partial charge in [-0.05, 0) is 23.3 Å². The van der Waals surface area contributed by atoms with E-state index >= 15 is 0 Å². The van der Waals surface area contributed by atoms with Crippen molar-refractivity contribution in [2.45, 2.75) is 19.0 Å². The van der Waals surface area contributed by atoms with E-state index in [4.69, 9.17) is 17.3 Å². The predicted molar refractivity (Wildman–Crippen MR) is 79.5 cm³/mol.